The van der Waals surface area contributed by atoms with E-state index >= 15 is 0 Å². The molecule has 2 heterocycles. The van der Waals surface area contributed by atoms with Gasteiger partial charge in [-0.3, -0.25) is 0 Å². The van der Waals surface area contributed by atoms with Gasteiger partial charge >= 0.3 is 0 Å². The van der Waals surface area contributed by atoms with Crippen LogP contribution in [0.3, 0.4) is 0 Å². The number of rotatable bonds is 5. The number of carbonyl (C=O) groups is 1. The summed E-state index contributed by atoms with van der Waals surface area (Å²) in [6.45, 7) is 11.8. The Balaban J connectivity index is 0.00000112. The first-order valence-electron chi connectivity index (χ1n) is 8.20. The lowest BCUT2D eigenvalue weighted by Gasteiger charge is -2.06. The van der Waals surface area contributed by atoms with Crippen LogP contribution >= 0.6 is 0 Å². The molecule has 1 unspecified atom stereocenters. The zero-order chi connectivity index (χ0) is 17.7. The molecule has 0 aliphatic rings. The second-order valence-corrected chi connectivity index (χ2v) is 4.45. The minimum Gasteiger partial charge on any atom is -0.359 e. The first-order valence-corrected chi connectivity index (χ1v) is 8.20. The summed E-state index contributed by atoms with van der Waals surface area (Å²) in [5.74, 6) is -0.0543. The van der Waals surface area contributed by atoms with Crippen LogP contribution in [0.25, 0.3) is 11.0 Å². The minimum absolute atomic E-state index is 0.0543. The van der Waals surface area contributed by atoms with Crippen molar-refractivity contribution in [2.75, 3.05) is 5.32 Å². The fourth-order valence-corrected chi connectivity index (χ4v) is 1.74. The number of pyridine rings is 1. The van der Waals surface area contributed by atoms with Gasteiger partial charge in [-0.25, -0.2) is 4.98 Å². The quantitative estimate of drug-likeness (QED) is 0.579. The van der Waals surface area contributed by atoms with E-state index in [-0.39, 0.29) is 5.92 Å². The number of anilines is 1. The zero-order valence-corrected chi connectivity index (χ0v) is 15.1. The highest BCUT2D eigenvalue weighted by atomic mass is 16.1. The predicted octanol–water partition coefficient (Wildman–Crippen LogP) is 5.32. The Bertz CT molecular complexity index is 626. The van der Waals surface area contributed by atoms with Gasteiger partial charge in [0, 0.05) is 29.4 Å². The second-order valence-electron chi connectivity index (χ2n) is 4.45. The first kappa shape index (κ1) is 20.6. The van der Waals surface area contributed by atoms with Crippen LogP contribution in [-0.4, -0.2) is 16.3 Å². The standard InChI is InChI=1S/C15H17N3O.2C2H6/c1-11(10-19)4-3-5-12(2)18-14-7-9-17-15-13(14)6-8-16-15;2*1-2/h3-11H,1-2H3,(H2,16,17,18);2*1-2H3/b4-3-,12-5+;;. The lowest BCUT2D eigenvalue weighted by atomic mass is 10.2. The third-order valence-electron chi connectivity index (χ3n) is 2.77. The summed E-state index contributed by atoms with van der Waals surface area (Å²) >= 11 is 0. The van der Waals surface area contributed by atoms with Crippen molar-refractivity contribution >= 4 is 23.0 Å². The SMILES string of the molecule is C/C(=C\C=C/C(C)C=O)Nc1ccnc2[nH]ccc12.CC.CC. The molecule has 2 N–H and O–H groups in total. The van der Waals surface area contributed by atoms with Crippen molar-refractivity contribution in [1.82, 2.24) is 9.97 Å². The molecule has 1 atom stereocenters. The lowest BCUT2D eigenvalue weighted by molar-refractivity contribution is -0.109. The molecule has 126 valence electrons. The first-order chi connectivity index (χ1) is 11.2. The molecule has 2 aromatic rings. The minimum atomic E-state index is -0.0543. The van der Waals surface area contributed by atoms with Crippen molar-refractivity contribution in [3.8, 4) is 0 Å². The highest BCUT2D eigenvalue weighted by Crippen LogP contribution is 2.21. The molecule has 4 nitrogen and oxygen atoms in total. The smallest absolute Gasteiger partial charge is 0.139 e. The molecule has 4 heteroatoms. The molecular weight excluding hydrogens is 286 g/mol. The monoisotopic (exact) mass is 315 g/mol. The average molecular weight is 315 g/mol. The summed E-state index contributed by atoms with van der Waals surface area (Å²) in [5.41, 5.74) is 2.88. The zero-order valence-electron chi connectivity index (χ0n) is 15.1. The molecule has 0 amide bonds. The summed E-state index contributed by atoms with van der Waals surface area (Å²) in [6.07, 6.45) is 10.2. The largest absolute Gasteiger partial charge is 0.359 e. The topological polar surface area (TPSA) is 57.8 Å². The van der Waals surface area contributed by atoms with Crippen LogP contribution in [0.4, 0.5) is 5.69 Å². The number of carbonyl (C=O) groups excluding carboxylic acids is 1. The summed E-state index contributed by atoms with van der Waals surface area (Å²) < 4.78 is 0. The van der Waals surface area contributed by atoms with Crippen molar-refractivity contribution < 1.29 is 4.79 Å². The highest BCUT2D eigenvalue weighted by Gasteiger charge is 2.01. The highest BCUT2D eigenvalue weighted by molar-refractivity contribution is 5.89. The molecule has 2 rings (SSSR count). The van der Waals surface area contributed by atoms with Crippen molar-refractivity contribution in [3.05, 3.63) is 48.5 Å². The van der Waals surface area contributed by atoms with Crippen LogP contribution in [0, 0.1) is 5.92 Å². The number of fused-ring (bicyclic) bond motifs is 1. The third-order valence-corrected chi connectivity index (χ3v) is 2.77. The van der Waals surface area contributed by atoms with E-state index in [4.69, 9.17) is 0 Å². The number of hydrogen-bond donors (Lipinski definition) is 2. The molecule has 0 spiro atoms. The van der Waals surface area contributed by atoms with Gasteiger partial charge in [0.2, 0.25) is 0 Å². The van der Waals surface area contributed by atoms with E-state index in [0.717, 1.165) is 28.7 Å². The van der Waals surface area contributed by atoms with Crippen molar-refractivity contribution in [1.29, 1.82) is 0 Å². The van der Waals surface area contributed by atoms with Crippen LogP contribution in [0.15, 0.2) is 48.5 Å². The number of nitrogens with one attached hydrogen (secondary N) is 2. The van der Waals surface area contributed by atoms with Gasteiger partial charge in [-0.2, -0.15) is 0 Å². The molecule has 0 fully saturated rings. The van der Waals surface area contributed by atoms with Crippen molar-refractivity contribution in [2.24, 2.45) is 5.92 Å². The van der Waals surface area contributed by atoms with E-state index in [9.17, 15) is 4.79 Å². The van der Waals surface area contributed by atoms with Crippen LogP contribution in [0.1, 0.15) is 41.5 Å². The van der Waals surface area contributed by atoms with Crippen LogP contribution < -0.4 is 5.32 Å². The van der Waals surface area contributed by atoms with Crippen LogP contribution in [0.2, 0.25) is 0 Å². The number of allylic oxidation sites excluding steroid dienone is 4. The fourth-order valence-electron chi connectivity index (χ4n) is 1.74. The van der Waals surface area contributed by atoms with Gasteiger partial charge in [0.1, 0.15) is 11.9 Å². The maximum Gasteiger partial charge on any atom is 0.139 e. The Hall–Kier alpha value is -2.36. The number of aromatic amines is 1. The number of nitrogens with zero attached hydrogens (tertiary/aromatic N) is 1. The van der Waals surface area contributed by atoms with E-state index in [2.05, 4.69) is 15.3 Å². The van der Waals surface area contributed by atoms with E-state index in [1.165, 1.54) is 0 Å². The van der Waals surface area contributed by atoms with Gasteiger partial charge in [-0.05, 0) is 25.1 Å². The third kappa shape index (κ3) is 6.96. The molecule has 2 aromatic heterocycles. The molecule has 0 saturated heterocycles. The van der Waals surface area contributed by atoms with E-state index in [0.29, 0.717) is 0 Å². The number of hydrogen-bond acceptors (Lipinski definition) is 3. The Kier molecular flexibility index (Phi) is 11.0. The van der Waals surface area contributed by atoms with Gasteiger partial charge in [0.25, 0.3) is 0 Å². The van der Waals surface area contributed by atoms with Gasteiger partial charge in [-0.15, -0.1) is 0 Å². The molecular formula is C19H29N3O. The van der Waals surface area contributed by atoms with Crippen molar-refractivity contribution in [3.63, 3.8) is 0 Å². The summed E-state index contributed by atoms with van der Waals surface area (Å²) in [4.78, 5) is 17.8. The second kappa shape index (κ2) is 12.2. The Morgan fingerprint density at radius 3 is 2.61 bits per heavy atom. The number of aromatic nitrogens is 2. The van der Waals surface area contributed by atoms with E-state index in [1.807, 2.05) is 78.1 Å². The summed E-state index contributed by atoms with van der Waals surface area (Å²) in [6, 6.07) is 3.92. The maximum absolute atomic E-state index is 10.5. The molecule has 23 heavy (non-hydrogen) atoms. The number of aldehydes is 1. The Labute approximate surface area is 139 Å². The van der Waals surface area contributed by atoms with Gasteiger partial charge < -0.3 is 15.1 Å². The molecule has 0 saturated carbocycles. The lowest BCUT2D eigenvalue weighted by Crippen LogP contribution is -1.96. The van der Waals surface area contributed by atoms with Gasteiger partial charge in [0.15, 0.2) is 0 Å². The van der Waals surface area contributed by atoms with Crippen molar-refractivity contribution in [2.45, 2.75) is 41.5 Å². The Morgan fingerprint density at radius 1 is 1.26 bits per heavy atom. The predicted molar refractivity (Wildman–Crippen MR) is 101 cm³/mol. The molecule has 0 bridgehead atoms. The maximum atomic E-state index is 10.5. The summed E-state index contributed by atoms with van der Waals surface area (Å²) in [7, 11) is 0. The normalized spacial score (nSPS) is 12.0. The van der Waals surface area contributed by atoms with E-state index in [1.54, 1.807) is 6.20 Å². The van der Waals surface area contributed by atoms with Gasteiger partial charge in [-0.1, -0.05) is 46.8 Å². The average Bonchev–Trinajstić information content (AvgIpc) is 3.08. The summed E-state index contributed by atoms with van der Waals surface area (Å²) in [5, 5.41) is 4.38. The fraction of sp³-hybridized carbons (Fsp3) is 0.368. The Morgan fingerprint density at radius 2 is 1.96 bits per heavy atom. The molecule has 0 radical (unpaired) electrons. The van der Waals surface area contributed by atoms with E-state index < -0.39 is 0 Å². The number of H-pyrrole nitrogens is 1. The van der Waals surface area contributed by atoms with Crippen LogP contribution in [0.5, 0.6) is 0 Å². The molecule has 0 aliphatic carbocycles. The molecule has 0 aromatic carbocycles. The van der Waals surface area contributed by atoms with Crippen LogP contribution in [-0.2, 0) is 4.79 Å². The molecule has 0 aliphatic heterocycles. The van der Waals surface area contributed by atoms with Gasteiger partial charge in [0.05, 0.1) is 5.69 Å².